The molecule has 1 N–H and O–H groups in total. The van der Waals surface area contributed by atoms with Crippen LogP contribution in [0.1, 0.15) is 18.3 Å². The molecule has 0 bridgehead atoms. The Morgan fingerprint density at radius 1 is 1.33 bits per heavy atom. The summed E-state index contributed by atoms with van der Waals surface area (Å²) in [4.78, 5) is 33.2. The molecule has 0 aliphatic carbocycles. The molecule has 2 atom stereocenters. The lowest BCUT2D eigenvalue weighted by molar-refractivity contribution is -0.139. The molecule has 2 aliphatic heterocycles. The fourth-order valence-corrected chi connectivity index (χ4v) is 3.91. The van der Waals surface area contributed by atoms with Gasteiger partial charge in [0.05, 0.1) is 11.6 Å². The van der Waals surface area contributed by atoms with E-state index in [9.17, 15) is 14.0 Å². The molecule has 0 saturated carbocycles. The maximum Gasteiger partial charge on any atom is 0.228 e. The molecule has 2 amide bonds. The number of rotatable bonds is 3. The average molecular weight is 371 g/mol. The van der Waals surface area contributed by atoms with E-state index in [1.54, 1.807) is 24.4 Å². The largest absolute Gasteiger partial charge is 0.336 e. The highest BCUT2D eigenvalue weighted by Gasteiger charge is 2.41. The highest BCUT2D eigenvalue weighted by atomic mass is 19.1. The van der Waals surface area contributed by atoms with Gasteiger partial charge in [0.25, 0.3) is 0 Å². The third-order valence-corrected chi connectivity index (χ3v) is 5.30. The van der Waals surface area contributed by atoms with Gasteiger partial charge in [0.15, 0.2) is 0 Å². The first-order valence-corrected chi connectivity index (χ1v) is 9.09. The normalized spacial score (nSPS) is 23.1. The number of imidazole rings is 1. The van der Waals surface area contributed by atoms with E-state index in [-0.39, 0.29) is 36.5 Å². The monoisotopic (exact) mass is 371 g/mol. The van der Waals surface area contributed by atoms with Gasteiger partial charge in [0, 0.05) is 52.0 Å². The number of nitrogens with zero attached hydrogens (tertiary/aromatic N) is 4. The summed E-state index contributed by atoms with van der Waals surface area (Å²) in [5, 5.41) is 3.30. The molecule has 2 saturated heterocycles. The number of amides is 2. The number of aromatic nitrogens is 2. The number of para-hydroxylation sites is 1. The fourth-order valence-electron chi connectivity index (χ4n) is 3.91. The Morgan fingerprint density at radius 2 is 2.15 bits per heavy atom. The van der Waals surface area contributed by atoms with E-state index < -0.39 is 11.7 Å². The maximum atomic E-state index is 14.1. The van der Waals surface area contributed by atoms with E-state index in [2.05, 4.69) is 10.3 Å². The van der Waals surface area contributed by atoms with E-state index in [0.717, 1.165) is 5.82 Å². The van der Waals surface area contributed by atoms with Crippen molar-refractivity contribution in [1.29, 1.82) is 0 Å². The summed E-state index contributed by atoms with van der Waals surface area (Å²) in [5.41, 5.74) is 0.235. The Bertz CT molecular complexity index is 867. The molecule has 8 heteroatoms. The minimum atomic E-state index is -0.474. The van der Waals surface area contributed by atoms with E-state index >= 15 is 0 Å². The van der Waals surface area contributed by atoms with E-state index in [1.807, 2.05) is 22.7 Å². The molecule has 7 nitrogen and oxygen atoms in total. The molecule has 3 heterocycles. The van der Waals surface area contributed by atoms with Crippen LogP contribution in [0.2, 0.25) is 0 Å². The average Bonchev–Trinajstić information content (AvgIpc) is 3.27. The molecule has 2 fully saturated rings. The van der Waals surface area contributed by atoms with Gasteiger partial charge in [-0.3, -0.25) is 9.59 Å². The number of carbonyl (C=O) groups excluding carboxylic acids is 2. The first kappa shape index (κ1) is 17.7. The van der Waals surface area contributed by atoms with Gasteiger partial charge in [0.1, 0.15) is 17.7 Å². The Hall–Kier alpha value is -2.74. The molecule has 27 heavy (non-hydrogen) atoms. The molecule has 2 unspecified atom stereocenters. The molecular weight excluding hydrogens is 349 g/mol. The van der Waals surface area contributed by atoms with E-state index in [1.165, 1.54) is 11.0 Å². The summed E-state index contributed by atoms with van der Waals surface area (Å²) >= 11 is 0. The van der Waals surface area contributed by atoms with Crippen LogP contribution < -0.4 is 10.2 Å². The molecule has 142 valence electrons. The van der Waals surface area contributed by atoms with Crippen molar-refractivity contribution in [2.24, 2.45) is 13.0 Å². The zero-order valence-electron chi connectivity index (χ0n) is 15.1. The lowest BCUT2D eigenvalue weighted by atomic mass is 10.0. The van der Waals surface area contributed by atoms with Crippen LogP contribution in [-0.4, -0.2) is 52.4 Å². The number of hydrogen-bond acceptors (Lipinski definition) is 4. The second kappa shape index (κ2) is 7.11. The molecule has 0 spiro atoms. The summed E-state index contributed by atoms with van der Waals surface area (Å²) < 4.78 is 16.0. The van der Waals surface area contributed by atoms with Crippen molar-refractivity contribution in [3.63, 3.8) is 0 Å². The molecule has 1 aromatic carbocycles. The third kappa shape index (κ3) is 3.21. The van der Waals surface area contributed by atoms with Gasteiger partial charge in [-0.05, 0) is 12.1 Å². The molecule has 4 rings (SSSR count). The van der Waals surface area contributed by atoms with Gasteiger partial charge in [-0.2, -0.15) is 0 Å². The summed E-state index contributed by atoms with van der Waals surface area (Å²) in [7, 11) is 1.90. The smallest absolute Gasteiger partial charge is 0.228 e. The zero-order chi connectivity index (χ0) is 19.0. The van der Waals surface area contributed by atoms with Crippen molar-refractivity contribution in [2.45, 2.75) is 12.5 Å². The molecule has 2 aromatic rings. The van der Waals surface area contributed by atoms with Crippen LogP contribution in [-0.2, 0) is 16.6 Å². The Kier molecular flexibility index (Phi) is 4.65. The van der Waals surface area contributed by atoms with Crippen LogP contribution in [0.3, 0.4) is 0 Å². The van der Waals surface area contributed by atoms with Crippen LogP contribution in [0, 0.1) is 11.7 Å². The van der Waals surface area contributed by atoms with Crippen molar-refractivity contribution in [2.75, 3.05) is 31.1 Å². The fraction of sp³-hybridized carbons (Fsp3) is 0.421. The SMILES string of the molecule is Cn1ccnc1C1CNCCN1C(=O)C1CC(=O)N(c2ccccc2F)C1. The molecule has 0 radical (unpaired) electrons. The number of hydrogen-bond donors (Lipinski definition) is 1. The first-order chi connectivity index (χ1) is 13.1. The summed E-state index contributed by atoms with van der Waals surface area (Å²) in [6, 6.07) is 5.99. The van der Waals surface area contributed by atoms with Gasteiger partial charge in [0.2, 0.25) is 11.8 Å². The molecular formula is C19H22FN5O2. The van der Waals surface area contributed by atoms with Gasteiger partial charge >= 0.3 is 0 Å². The number of piperazine rings is 1. The van der Waals surface area contributed by atoms with Crippen LogP contribution >= 0.6 is 0 Å². The summed E-state index contributed by atoms with van der Waals surface area (Å²) in [5.74, 6) is -0.408. The van der Waals surface area contributed by atoms with Gasteiger partial charge in [-0.15, -0.1) is 0 Å². The third-order valence-electron chi connectivity index (χ3n) is 5.30. The number of halogens is 1. The standard InChI is InChI=1S/C19H22FN5O2/c1-23-8-7-22-18(23)16-11-21-6-9-24(16)19(27)13-10-17(26)25(12-13)15-5-3-2-4-14(15)20/h2-5,7-8,13,16,21H,6,9-12H2,1H3. The number of carbonyl (C=O) groups is 2. The van der Waals surface area contributed by atoms with Crippen LogP contribution in [0.5, 0.6) is 0 Å². The van der Waals surface area contributed by atoms with Crippen LogP contribution in [0.25, 0.3) is 0 Å². The Labute approximate surface area is 156 Å². The van der Waals surface area contributed by atoms with Crippen molar-refractivity contribution >= 4 is 17.5 Å². The predicted octanol–water partition coefficient (Wildman–Crippen LogP) is 1.09. The molecule has 1 aromatic heterocycles. The topological polar surface area (TPSA) is 70.5 Å². The van der Waals surface area contributed by atoms with Crippen molar-refractivity contribution in [3.8, 4) is 0 Å². The van der Waals surface area contributed by atoms with Gasteiger partial charge < -0.3 is 19.7 Å². The summed E-state index contributed by atoms with van der Waals surface area (Å²) in [6.07, 6.45) is 3.67. The zero-order valence-corrected chi connectivity index (χ0v) is 15.1. The van der Waals surface area contributed by atoms with E-state index in [0.29, 0.717) is 19.6 Å². The minimum absolute atomic E-state index is 0.0725. The summed E-state index contributed by atoms with van der Waals surface area (Å²) in [6.45, 7) is 2.08. The highest BCUT2D eigenvalue weighted by molar-refractivity contribution is 6.00. The van der Waals surface area contributed by atoms with Crippen molar-refractivity contribution in [3.05, 3.63) is 48.3 Å². The van der Waals surface area contributed by atoms with Crippen LogP contribution in [0.4, 0.5) is 10.1 Å². The number of nitrogens with one attached hydrogen (secondary N) is 1. The lowest BCUT2D eigenvalue weighted by Gasteiger charge is -2.37. The number of aryl methyl sites for hydroxylation is 1. The van der Waals surface area contributed by atoms with Crippen molar-refractivity contribution in [1.82, 2.24) is 19.8 Å². The predicted molar refractivity (Wildman–Crippen MR) is 97.4 cm³/mol. The highest BCUT2D eigenvalue weighted by Crippen LogP contribution is 2.30. The second-order valence-corrected chi connectivity index (χ2v) is 7.00. The Morgan fingerprint density at radius 3 is 2.89 bits per heavy atom. The maximum absolute atomic E-state index is 14.1. The van der Waals surface area contributed by atoms with E-state index in [4.69, 9.17) is 0 Å². The van der Waals surface area contributed by atoms with Crippen molar-refractivity contribution < 1.29 is 14.0 Å². The van der Waals surface area contributed by atoms with Gasteiger partial charge in [-0.1, -0.05) is 12.1 Å². The van der Waals surface area contributed by atoms with Gasteiger partial charge in [-0.25, -0.2) is 9.37 Å². The number of anilines is 1. The quantitative estimate of drug-likeness (QED) is 0.877. The minimum Gasteiger partial charge on any atom is -0.336 e. The van der Waals surface area contributed by atoms with Crippen LogP contribution in [0.15, 0.2) is 36.7 Å². The molecule has 2 aliphatic rings. The second-order valence-electron chi connectivity index (χ2n) is 7.00. The number of benzene rings is 1. The Balaban J connectivity index is 1.55. The first-order valence-electron chi connectivity index (χ1n) is 9.09. The lowest BCUT2D eigenvalue weighted by Crippen LogP contribution is -2.51.